The van der Waals surface area contributed by atoms with Crippen LogP contribution in [0.15, 0.2) is 53.9 Å². The fourth-order valence-corrected chi connectivity index (χ4v) is 5.12. The molecule has 0 radical (unpaired) electrons. The van der Waals surface area contributed by atoms with Gasteiger partial charge in [0.05, 0.1) is 0 Å². The molecule has 6 nitrogen and oxygen atoms in total. The highest BCUT2D eigenvalue weighted by Crippen LogP contribution is 2.31. The van der Waals surface area contributed by atoms with E-state index < -0.39 is 17.5 Å². The second-order valence-electron chi connectivity index (χ2n) is 7.94. The van der Waals surface area contributed by atoms with Crippen LogP contribution < -0.4 is 5.32 Å². The van der Waals surface area contributed by atoms with Crippen LogP contribution in [-0.2, 0) is 28.1 Å². The first-order valence-electron chi connectivity index (χ1n) is 9.92. The Kier molecular flexibility index (Phi) is 4.36. The topological polar surface area (TPSA) is 69.7 Å². The third-order valence-electron chi connectivity index (χ3n) is 6.06. The molecule has 1 unspecified atom stereocenters. The van der Waals surface area contributed by atoms with Crippen molar-refractivity contribution in [2.24, 2.45) is 0 Å². The zero-order valence-electron chi connectivity index (χ0n) is 16.6. The number of carbonyl (C=O) groups is 3. The molecule has 0 aliphatic carbocycles. The Morgan fingerprint density at radius 3 is 2.77 bits per heavy atom. The van der Waals surface area contributed by atoms with Crippen LogP contribution in [0.2, 0.25) is 0 Å². The van der Waals surface area contributed by atoms with Gasteiger partial charge in [-0.25, -0.2) is 4.79 Å². The van der Waals surface area contributed by atoms with E-state index in [9.17, 15) is 14.4 Å². The minimum atomic E-state index is -1.19. The Morgan fingerprint density at radius 2 is 1.93 bits per heavy atom. The molecule has 7 heteroatoms. The Labute approximate surface area is 178 Å². The molecule has 0 bridgehead atoms. The van der Waals surface area contributed by atoms with Crippen LogP contribution in [0.1, 0.15) is 22.9 Å². The third kappa shape index (κ3) is 2.97. The average molecular weight is 420 g/mol. The standard InChI is InChI=1S/C23H21N3O3S/c1-23(18-7-6-15-4-2-3-5-16(15)12-18)21(28)26(22(29)24-23)14-20(27)25-10-8-19-17(13-25)9-11-30-19/h2-7,9,11-12H,8,10,13-14H2,1H3,(H,24,29). The van der Waals surface area contributed by atoms with E-state index in [1.54, 1.807) is 23.2 Å². The fraction of sp³-hybridized carbons (Fsp3) is 0.261. The molecule has 0 spiro atoms. The van der Waals surface area contributed by atoms with Gasteiger partial charge in [-0.3, -0.25) is 14.5 Å². The number of carbonyl (C=O) groups excluding carboxylic acids is 3. The van der Waals surface area contributed by atoms with Gasteiger partial charge in [0.15, 0.2) is 0 Å². The first kappa shape index (κ1) is 18.8. The maximum Gasteiger partial charge on any atom is 0.325 e. The lowest BCUT2D eigenvalue weighted by Crippen LogP contribution is -2.45. The number of imide groups is 1. The lowest BCUT2D eigenvalue weighted by Gasteiger charge is -2.28. The van der Waals surface area contributed by atoms with E-state index in [-0.39, 0.29) is 12.5 Å². The van der Waals surface area contributed by atoms with E-state index in [1.165, 1.54) is 4.88 Å². The van der Waals surface area contributed by atoms with Gasteiger partial charge in [-0.2, -0.15) is 0 Å². The van der Waals surface area contributed by atoms with Crippen molar-refractivity contribution in [3.8, 4) is 0 Å². The number of rotatable bonds is 3. The Morgan fingerprint density at radius 1 is 1.13 bits per heavy atom. The van der Waals surface area contributed by atoms with Crippen LogP contribution in [0.25, 0.3) is 10.8 Å². The van der Waals surface area contributed by atoms with E-state index in [2.05, 4.69) is 5.32 Å². The summed E-state index contributed by atoms with van der Waals surface area (Å²) in [7, 11) is 0. The summed E-state index contributed by atoms with van der Waals surface area (Å²) < 4.78 is 0. The monoisotopic (exact) mass is 419 g/mol. The summed E-state index contributed by atoms with van der Waals surface area (Å²) in [4.78, 5) is 42.8. The van der Waals surface area contributed by atoms with Crippen LogP contribution >= 0.6 is 11.3 Å². The molecule has 1 fully saturated rings. The van der Waals surface area contributed by atoms with E-state index in [4.69, 9.17) is 0 Å². The van der Waals surface area contributed by atoms with Crippen LogP contribution in [-0.4, -0.2) is 40.7 Å². The summed E-state index contributed by atoms with van der Waals surface area (Å²) in [6, 6.07) is 15.1. The molecule has 1 N–H and O–H groups in total. The molecule has 152 valence electrons. The molecule has 0 saturated carbocycles. The van der Waals surface area contributed by atoms with Gasteiger partial charge in [0.25, 0.3) is 5.91 Å². The molecule has 5 rings (SSSR count). The molecule has 30 heavy (non-hydrogen) atoms. The van der Waals surface area contributed by atoms with Crippen LogP contribution in [0.3, 0.4) is 0 Å². The van der Waals surface area contributed by atoms with Crippen molar-refractivity contribution in [3.63, 3.8) is 0 Å². The molecule has 2 aromatic carbocycles. The van der Waals surface area contributed by atoms with Crippen molar-refractivity contribution in [1.82, 2.24) is 15.1 Å². The van der Waals surface area contributed by atoms with Gasteiger partial charge in [-0.1, -0.05) is 36.4 Å². The second kappa shape index (κ2) is 6.95. The van der Waals surface area contributed by atoms with E-state index in [0.29, 0.717) is 18.7 Å². The Balaban J connectivity index is 1.36. The summed E-state index contributed by atoms with van der Waals surface area (Å²) in [6.07, 6.45) is 0.813. The number of urea groups is 1. The number of hydrogen-bond acceptors (Lipinski definition) is 4. The van der Waals surface area contributed by atoms with Gasteiger partial charge in [0, 0.05) is 18.0 Å². The number of thiophene rings is 1. The number of benzene rings is 2. The quantitative estimate of drug-likeness (QED) is 0.663. The highest BCUT2D eigenvalue weighted by molar-refractivity contribution is 7.10. The summed E-state index contributed by atoms with van der Waals surface area (Å²) in [6.45, 7) is 2.59. The number of hydrogen-bond donors (Lipinski definition) is 1. The van der Waals surface area contributed by atoms with Crippen molar-refractivity contribution in [1.29, 1.82) is 0 Å². The number of amides is 4. The van der Waals surface area contributed by atoms with Crippen molar-refractivity contribution in [2.75, 3.05) is 13.1 Å². The Bertz CT molecular complexity index is 1190. The number of nitrogens with zero attached hydrogens (tertiary/aromatic N) is 2. The molecule has 1 aromatic heterocycles. The zero-order chi connectivity index (χ0) is 20.9. The van der Waals surface area contributed by atoms with E-state index >= 15 is 0 Å². The first-order chi connectivity index (χ1) is 14.5. The van der Waals surface area contributed by atoms with Gasteiger partial charge in [0.1, 0.15) is 12.1 Å². The maximum absolute atomic E-state index is 13.2. The summed E-state index contributed by atoms with van der Waals surface area (Å²) in [5, 5.41) is 6.89. The average Bonchev–Trinajstić information content (AvgIpc) is 3.31. The molecule has 1 saturated heterocycles. The molecule has 2 aliphatic rings. The Hall–Kier alpha value is -3.19. The normalized spacial score (nSPS) is 21.1. The van der Waals surface area contributed by atoms with Crippen molar-refractivity contribution in [3.05, 3.63) is 69.9 Å². The highest BCUT2D eigenvalue weighted by atomic mass is 32.1. The molecule has 3 aromatic rings. The minimum absolute atomic E-state index is 0.210. The van der Waals surface area contributed by atoms with Crippen LogP contribution in [0, 0.1) is 0 Å². The lowest BCUT2D eigenvalue weighted by molar-refractivity contribution is -0.139. The predicted molar refractivity (Wildman–Crippen MR) is 115 cm³/mol. The zero-order valence-corrected chi connectivity index (χ0v) is 17.4. The SMILES string of the molecule is CC1(c2ccc3ccccc3c2)NC(=O)N(CC(=O)N2CCc3sccc3C2)C1=O. The molecule has 3 heterocycles. The molecular weight excluding hydrogens is 398 g/mol. The van der Waals surface area contributed by atoms with E-state index in [1.807, 2.05) is 53.9 Å². The van der Waals surface area contributed by atoms with Crippen molar-refractivity contribution < 1.29 is 14.4 Å². The van der Waals surface area contributed by atoms with Gasteiger partial charge < -0.3 is 10.2 Å². The fourth-order valence-electron chi connectivity index (χ4n) is 4.23. The number of nitrogens with one attached hydrogen (secondary N) is 1. The largest absolute Gasteiger partial charge is 0.336 e. The first-order valence-corrected chi connectivity index (χ1v) is 10.8. The van der Waals surface area contributed by atoms with Gasteiger partial charge in [-0.05, 0) is 52.8 Å². The van der Waals surface area contributed by atoms with Crippen molar-refractivity contribution >= 4 is 40.0 Å². The smallest absolute Gasteiger partial charge is 0.325 e. The van der Waals surface area contributed by atoms with Gasteiger partial charge >= 0.3 is 6.03 Å². The summed E-state index contributed by atoms with van der Waals surface area (Å²) >= 11 is 1.70. The molecular formula is C23H21N3O3S. The summed E-state index contributed by atoms with van der Waals surface area (Å²) in [5.74, 6) is -0.609. The highest BCUT2D eigenvalue weighted by Gasteiger charge is 2.49. The van der Waals surface area contributed by atoms with Crippen LogP contribution in [0.5, 0.6) is 0 Å². The van der Waals surface area contributed by atoms with Gasteiger partial charge in [-0.15, -0.1) is 11.3 Å². The minimum Gasteiger partial charge on any atom is -0.336 e. The second-order valence-corrected chi connectivity index (χ2v) is 8.94. The summed E-state index contributed by atoms with van der Waals surface area (Å²) in [5.41, 5.74) is 0.664. The predicted octanol–water partition coefficient (Wildman–Crippen LogP) is 3.25. The lowest BCUT2D eigenvalue weighted by atomic mass is 9.90. The molecule has 2 aliphatic heterocycles. The number of fused-ring (bicyclic) bond motifs is 2. The maximum atomic E-state index is 13.2. The molecule has 1 atom stereocenters. The van der Waals surface area contributed by atoms with Gasteiger partial charge in [0.2, 0.25) is 5.91 Å². The third-order valence-corrected chi connectivity index (χ3v) is 7.08. The van der Waals surface area contributed by atoms with Crippen LogP contribution in [0.4, 0.5) is 4.79 Å². The molecule has 4 amide bonds. The van der Waals surface area contributed by atoms with E-state index in [0.717, 1.165) is 27.7 Å². The van der Waals surface area contributed by atoms with Crippen molar-refractivity contribution in [2.45, 2.75) is 25.4 Å².